The van der Waals surface area contributed by atoms with Crippen LogP contribution in [0.2, 0.25) is 5.02 Å². The number of nitrogens with one attached hydrogen (secondary N) is 2. The van der Waals surface area contributed by atoms with Gasteiger partial charge < -0.3 is 16.4 Å². The second-order valence-electron chi connectivity index (χ2n) is 4.76. The molecule has 0 bridgehead atoms. The number of benzene rings is 1. The van der Waals surface area contributed by atoms with Crippen LogP contribution in [0.25, 0.3) is 0 Å². The molecule has 1 atom stereocenters. The SMILES string of the molecule is Nc1ccc(NC(=O)C(=O)NC2CCS(=O)(=O)C2)cc1Cl. The van der Waals surface area contributed by atoms with E-state index in [0.717, 1.165) is 0 Å². The molecule has 4 N–H and O–H groups in total. The summed E-state index contributed by atoms with van der Waals surface area (Å²) >= 11 is 5.80. The summed E-state index contributed by atoms with van der Waals surface area (Å²) in [7, 11) is -3.11. The molecule has 114 valence electrons. The number of nitrogens with two attached hydrogens (primary N) is 1. The maximum atomic E-state index is 11.7. The lowest BCUT2D eigenvalue weighted by molar-refractivity contribution is -0.136. The number of nitrogen functional groups attached to an aromatic ring is 1. The molecule has 1 aromatic rings. The lowest BCUT2D eigenvalue weighted by Crippen LogP contribution is -2.42. The van der Waals surface area contributed by atoms with Crippen LogP contribution in [0.3, 0.4) is 0 Å². The largest absolute Gasteiger partial charge is 0.398 e. The molecule has 0 aliphatic carbocycles. The van der Waals surface area contributed by atoms with Gasteiger partial charge in [0.05, 0.1) is 22.2 Å². The molecule has 0 saturated carbocycles. The van der Waals surface area contributed by atoms with Crippen molar-refractivity contribution in [2.24, 2.45) is 0 Å². The Bertz CT molecular complexity index is 690. The summed E-state index contributed by atoms with van der Waals surface area (Å²) < 4.78 is 22.5. The van der Waals surface area contributed by atoms with E-state index in [-0.39, 0.29) is 16.5 Å². The summed E-state index contributed by atoms with van der Waals surface area (Å²) in [6, 6.07) is 3.90. The van der Waals surface area contributed by atoms with Crippen molar-refractivity contribution in [3.8, 4) is 0 Å². The highest BCUT2D eigenvalue weighted by atomic mass is 35.5. The molecule has 1 fully saturated rings. The van der Waals surface area contributed by atoms with E-state index in [2.05, 4.69) is 10.6 Å². The third-order valence-electron chi connectivity index (χ3n) is 3.03. The number of hydrogen-bond acceptors (Lipinski definition) is 5. The predicted octanol–water partition coefficient (Wildman–Crippen LogP) is 0.164. The molecule has 1 aromatic carbocycles. The van der Waals surface area contributed by atoms with Crippen LogP contribution in [0.1, 0.15) is 6.42 Å². The highest BCUT2D eigenvalue weighted by Gasteiger charge is 2.30. The number of amides is 2. The summed E-state index contributed by atoms with van der Waals surface area (Å²) in [5.41, 5.74) is 6.22. The number of carbonyl (C=O) groups excluding carboxylic acids is 2. The van der Waals surface area contributed by atoms with Crippen LogP contribution in [-0.4, -0.2) is 37.8 Å². The Labute approximate surface area is 126 Å². The van der Waals surface area contributed by atoms with E-state index in [1.54, 1.807) is 0 Å². The van der Waals surface area contributed by atoms with Crippen LogP contribution < -0.4 is 16.4 Å². The van der Waals surface area contributed by atoms with Crippen molar-refractivity contribution in [2.75, 3.05) is 22.6 Å². The molecule has 1 aliphatic rings. The van der Waals surface area contributed by atoms with Gasteiger partial charge in [-0.2, -0.15) is 0 Å². The van der Waals surface area contributed by atoms with Gasteiger partial charge in [0.1, 0.15) is 0 Å². The van der Waals surface area contributed by atoms with Gasteiger partial charge in [-0.15, -0.1) is 0 Å². The fourth-order valence-corrected chi connectivity index (χ4v) is 3.81. The zero-order chi connectivity index (χ0) is 15.6. The quantitative estimate of drug-likeness (QED) is 0.527. The second-order valence-corrected chi connectivity index (χ2v) is 7.40. The number of sulfone groups is 1. The minimum absolute atomic E-state index is 0.0210. The van der Waals surface area contributed by atoms with Gasteiger partial charge in [-0.1, -0.05) is 11.6 Å². The summed E-state index contributed by atoms with van der Waals surface area (Å²) in [6.07, 6.45) is 0.315. The molecular weight excluding hydrogens is 318 g/mol. The molecule has 9 heteroatoms. The summed E-state index contributed by atoms with van der Waals surface area (Å²) in [5.74, 6) is -1.89. The molecule has 1 heterocycles. The van der Waals surface area contributed by atoms with Gasteiger partial charge in [-0.25, -0.2) is 8.42 Å². The highest BCUT2D eigenvalue weighted by molar-refractivity contribution is 7.91. The Morgan fingerprint density at radius 3 is 2.57 bits per heavy atom. The number of rotatable bonds is 2. The third kappa shape index (κ3) is 4.08. The van der Waals surface area contributed by atoms with E-state index in [9.17, 15) is 18.0 Å². The van der Waals surface area contributed by atoms with Crippen molar-refractivity contribution in [2.45, 2.75) is 12.5 Å². The first-order valence-corrected chi connectivity index (χ1v) is 8.34. The van der Waals surface area contributed by atoms with E-state index in [1.807, 2.05) is 0 Å². The number of carbonyl (C=O) groups is 2. The fourth-order valence-electron chi connectivity index (χ4n) is 1.95. The van der Waals surface area contributed by atoms with Crippen LogP contribution in [0.15, 0.2) is 18.2 Å². The number of hydrogen-bond donors (Lipinski definition) is 3. The first-order valence-electron chi connectivity index (χ1n) is 6.14. The van der Waals surface area contributed by atoms with E-state index in [1.165, 1.54) is 18.2 Å². The zero-order valence-corrected chi connectivity index (χ0v) is 12.5. The third-order valence-corrected chi connectivity index (χ3v) is 5.13. The normalized spacial score (nSPS) is 20.0. The number of anilines is 2. The minimum atomic E-state index is -3.11. The molecule has 0 aromatic heterocycles. The highest BCUT2D eigenvalue weighted by Crippen LogP contribution is 2.22. The molecule has 2 amide bonds. The van der Waals surface area contributed by atoms with Crippen molar-refractivity contribution in [1.29, 1.82) is 0 Å². The molecular formula is C12H14ClN3O4S. The van der Waals surface area contributed by atoms with Crippen molar-refractivity contribution in [3.05, 3.63) is 23.2 Å². The average Bonchev–Trinajstić information content (AvgIpc) is 2.73. The first kappa shape index (κ1) is 15.6. The maximum absolute atomic E-state index is 11.7. The Morgan fingerprint density at radius 1 is 1.29 bits per heavy atom. The van der Waals surface area contributed by atoms with E-state index >= 15 is 0 Å². The molecule has 1 aliphatic heterocycles. The maximum Gasteiger partial charge on any atom is 0.313 e. The first-order chi connectivity index (χ1) is 9.77. The van der Waals surface area contributed by atoms with Crippen LogP contribution in [-0.2, 0) is 19.4 Å². The molecule has 1 saturated heterocycles. The van der Waals surface area contributed by atoms with Crippen LogP contribution in [0.5, 0.6) is 0 Å². The van der Waals surface area contributed by atoms with Gasteiger partial charge in [0.15, 0.2) is 9.84 Å². The average molecular weight is 332 g/mol. The van der Waals surface area contributed by atoms with Gasteiger partial charge in [0, 0.05) is 11.7 Å². The van der Waals surface area contributed by atoms with Crippen molar-refractivity contribution < 1.29 is 18.0 Å². The Kier molecular flexibility index (Phi) is 4.38. The molecule has 0 spiro atoms. The zero-order valence-electron chi connectivity index (χ0n) is 10.9. The molecule has 21 heavy (non-hydrogen) atoms. The molecule has 7 nitrogen and oxygen atoms in total. The second kappa shape index (κ2) is 5.90. The topological polar surface area (TPSA) is 118 Å². The lowest BCUT2D eigenvalue weighted by atomic mass is 10.2. The van der Waals surface area contributed by atoms with Crippen molar-refractivity contribution in [3.63, 3.8) is 0 Å². The monoisotopic (exact) mass is 331 g/mol. The van der Waals surface area contributed by atoms with Gasteiger partial charge in [0.25, 0.3) is 0 Å². The lowest BCUT2D eigenvalue weighted by Gasteiger charge is -2.11. The van der Waals surface area contributed by atoms with Crippen molar-refractivity contribution in [1.82, 2.24) is 5.32 Å². The van der Waals surface area contributed by atoms with E-state index in [0.29, 0.717) is 17.8 Å². The Morgan fingerprint density at radius 2 is 2.00 bits per heavy atom. The van der Waals surface area contributed by atoms with Gasteiger partial charge in [-0.05, 0) is 24.6 Å². The van der Waals surface area contributed by atoms with E-state index in [4.69, 9.17) is 17.3 Å². The Hall–Kier alpha value is -1.80. The van der Waals surface area contributed by atoms with Crippen LogP contribution in [0, 0.1) is 0 Å². The summed E-state index contributed by atoms with van der Waals surface area (Å²) in [4.78, 5) is 23.4. The minimum Gasteiger partial charge on any atom is -0.398 e. The summed E-state index contributed by atoms with van der Waals surface area (Å²) in [5, 5.41) is 5.02. The van der Waals surface area contributed by atoms with Gasteiger partial charge in [0.2, 0.25) is 0 Å². The van der Waals surface area contributed by atoms with Gasteiger partial charge in [-0.3, -0.25) is 9.59 Å². The van der Waals surface area contributed by atoms with Crippen LogP contribution >= 0.6 is 11.6 Å². The molecule has 0 radical (unpaired) electrons. The summed E-state index contributed by atoms with van der Waals surface area (Å²) in [6.45, 7) is 0. The Balaban J connectivity index is 1.94. The predicted molar refractivity (Wildman–Crippen MR) is 79.7 cm³/mol. The van der Waals surface area contributed by atoms with Crippen molar-refractivity contribution >= 4 is 44.6 Å². The molecule has 1 unspecified atom stereocenters. The number of halogens is 1. The van der Waals surface area contributed by atoms with E-state index < -0.39 is 27.7 Å². The fraction of sp³-hybridized carbons (Fsp3) is 0.333. The van der Waals surface area contributed by atoms with Crippen LogP contribution in [0.4, 0.5) is 11.4 Å². The smallest absolute Gasteiger partial charge is 0.313 e. The molecule has 2 rings (SSSR count). The van der Waals surface area contributed by atoms with Gasteiger partial charge >= 0.3 is 11.8 Å². The standard InChI is InChI=1S/C12H14ClN3O4S/c13-9-5-7(1-2-10(9)14)15-11(17)12(18)16-8-3-4-21(19,20)6-8/h1-2,5,8H,3-4,6,14H2,(H,15,17)(H,16,18).